The van der Waals surface area contributed by atoms with Crippen LogP contribution in [0.15, 0.2) is 36.2 Å². The highest BCUT2D eigenvalue weighted by Gasteiger charge is 1.79. The summed E-state index contributed by atoms with van der Waals surface area (Å²) in [4.78, 5) is 0. The summed E-state index contributed by atoms with van der Waals surface area (Å²) in [7, 11) is 0. The van der Waals surface area contributed by atoms with E-state index in [0.717, 1.165) is 0 Å². The summed E-state index contributed by atoms with van der Waals surface area (Å²) in [6, 6.07) is 0. The number of hydrogen-bond donors (Lipinski definition) is 2. The zero-order valence-electron chi connectivity index (χ0n) is 9.59. The molecule has 2 nitrogen and oxygen atoms in total. The second-order valence-corrected chi connectivity index (χ2v) is 1.79. The van der Waals surface area contributed by atoms with Crippen LogP contribution in [-0.2, 0) is 0 Å². The molecule has 4 N–H and O–H groups in total. The SMILES string of the molecule is C=C/C=C(N)\C=C(/C)N.CC.CC. The van der Waals surface area contributed by atoms with Gasteiger partial charge in [-0.25, -0.2) is 0 Å². The van der Waals surface area contributed by atoms with Crippen LogP contribution in [0.3, 0.4) is 0 Å². The Labute approximate surface area is 83.0 Å². The Bertz CT molecular complexity index is 151. The van der Waals surface area contributed by atoms with Gasteiger partial charge < -0.3 is 11.5 Å². The zero-order chi connectivity index (χ0) is 11.3. The van der Waals surface area contributed by atoms with Gasteiger partial charge in [-0.1, -0.05) is 40.3 Å². The second kappa shape index (κ2) is 17.1. The van der Waals surface area contributed by atoms with Gasteiger partial charge in [-0.3, -0.25) is 0 Å². The predicted molar refractivity (Wildman–Crippen MR) is 63.1 cm³/mol. The van der Waals surface area contributed by atoms with Gasteiger partial charge in [0.25, 0.3) is 0 Å². The molecule has 0 saturated carbocycles. The van der Waals surface area contributed by atoms with Crippen LogP contribution < -0.4 is 11.5 Å². The number of rotatable bonds is 2. The molecule has 0 bridgehead atoms. The molecule has 0 aliphatic carbocycles. The summed E-state index contributed by atoms with van der Waals surface area (Å²) in [5.74, 6) is 0. The molecule has 0 aromatic rings. The Morgan fingerprint density at radius 2 is 1.46 bits per heavy atom. The molecule has 0 amide bonds. The number of allylic oxidation sites excluding steroid dienone is 4. The lowest BCUT2D eigenvalue weighted by molar-refractivity contribution is 1.27. The van der Waals surface area contributed by atoms with Gasteiger partial charge >= 0.3 is 0 Å². The Hall–Kier alpha value is -1.18. The molecule has 0 spiro atoms. The normalized spacial score (nSPS) is 10.2. The molecule has 0 radical (unpaired) electrons. The highest BCUT2D eigenvalue weighted by atomic mass is 14.6. The van der Waals surface area contributed by atoms with E-state index < -0.39 is 0 Å². The molecule has 2 heteroatoms. The number of nitrogens with two attached hydrogens (primary N) is 2. The molecule has 0 rings (SSSR count). The largest absolute Gasteiger partial charge is 0.402 e. The van der Waals surface area contributed by atoms with E-state index in [2.05, 4.69) is 6.58 Å². The van der Waals surface area contributed by atoms with Crippen molar-refractivity contribution in [3.63, 3.8) is 0 Å². The van der Waals surface area contributed by atoms with Crippen molar-refractivity contribution in [2.45, 2.75) is 34.6 Å². The maximum absolute atomic E-state index is 5.42. The first kappa shape index (κ1) is 17.8. The van der Waals surface area contributed by atoms with E-state index in [9.17, 15) is 0 Å². The molecule has 0 saturated heterocycles. The summed E-state index contributed by atoms with van der Waals surface area (Å²) < 4.78 is 0. The van der Waals surface area contributed by atoms with Crippen LogP contribution in [0.2, 0.25) is 0 Å². The molecular formula is C11H24N2. The maximum atomic E-state index is 5.42. The van der Waals surface area contributed by atoms with Gasteiger partial charge in [0.05, 0.1) is 0 Å². The van der Waals surface area contributed by atoms with Crippen LogP contribution in [-0.4, -0.2) is 0 Å². The van der Waals surface area contributed by atoms with Gasteiger partial charge in [0, 0.05) is 11.4 Å². The standard InChI is InChI=1S/C7H12N2.2C2H6/c1-3-4-7(9)5-6(2)8;2*1-2/h3-5H,1,8-9H2,2H3;2*1-2H3/b6-5+,7-4+;;. The fourth-order valence-corrected chi connectivity index (χ4v) is 0.447. The van der Waals surface area contributed by atoms with E-state index in [1.807, 2.05) is 27.7 Å². The molecule has 13 heavy (non-hydrogen) atoms. The van der Waals surface area contributed by atoms with Crippen molar-refractivity contribution in [1.29, 1.82) is 0 Å². The smallest absolute Gasteiger partial charge is 0.0330 e. The lowest BCUT2D eigenvalue weighted by Crippen LogP contribution is -1.97. The highest BCUT2D eigenvalue weighted by molar-refractivity contribution is 5.21. The van der Waals surface area contributed by atoms with E-state index in [4.69, 9.17) is 11.5 Å². The van der Waals surface area contributed by atoms with Crippen molar-refractivity contribution in [3.05, 3.63) is 36.2 Å². The van der Waals surface area contributed by atoms with Crippen molar-refractivity contribution in [1.82, 2.24) is 0 Å². The monoisotopic (exact) mass is 184 g/mol. The average molecular weight is 184 g/mol. The van der Waals surface area contributed by atoms with Crippen LogP contribution in [0.1, 0.15) is 34.6 Å². The van der Waals surface area contributed by atoms with E-state index in [1.165, 1.54) is 0 Å². The first-order chi connectivity index (χ1) is 6.16. The third-order valence-electron chi connectivity index (χ3n) is 0.705. The van der Waals surface area contributed by atoms with Crippen LogP contribution in [0.25, 0.3) is 0 Å². The first-order valence-corrected chi connectivity index (χ1v) is 4.68. The Morgan fingerprint density at radius 3 is 1.69 bits per heavy atom. The van der Waals surface area contributed by atoms with Crippen LogP contribution in [0.5, 0.6) is 0 Å². The van der Waals surface area contributed by atoms with Crippen LogP contribution in [0, 0.1) is 0 Å². The Kier molecular flexibility index (Phi) is 23.3. The fourth-order valence-electron chi connectivity index (χ4n) is 0.447. The van der Waals surface area contributed by atoms with Crippen LogP contribution >= 0.6 is 0 Å². The summed E-state index contributed by atoms with van der Waals surface area (Å²) in [6.45, 7) is 13.3. The lowest BCUT2D eigenvalue weighted by Gasteiger charge is -1.90. The Morgan fingerprint density at radius 1 is 1.08 bits per heavy atom. The molecular weight excluding hydrogens is 160 g/mol. The summed E-state index contributed by atoms with van der Waals surface area (Å²) in [5, 5.41) is 0. The maximum Gasteiger partial charge on any atom is 0.0330 e. The van der Waals surface area contributed by atoms with Crippen molar-refractivity contribution in [2.24, 2.45) is 11.5 Å². The van der Waals surface area contributed by atoms with Crippen molar-refractivity contribution >= 4 is 0 Å². The predicted octanol–water partition coefficient (Wildman–Crippen LogP) is 2.93. The van der Waals surface area contributed by atoms with E-state index >= 15 is 0 Å². The number of hydrogen-bond acceptors (Lipinski definition) is 2. The van der Waals surface area contributed by atoms with Crippen molar-refractivity contribution in [3.8, 4) is 0 Å². The zero-order valence-corrected chi connectivity index (χ0v) is 9.59. The molecule has 0 atom stereocenters. The van der Waals surface area contributed by atoms with Crippen molar-refractivity contribution < 1.29 is 0 Å². The van der Waals surface area contributed by atoms with Gasteiger partial charge in [0.15, 0.2) is 0 Å². The van der Waals surface area contributed by atoms with E-state index in [-0.39, 0.29) is 0 Å². The quantitative estimate of drug-likeness (QED) is 0.648. The van der Waals surface area contributed by atoms with Gasteiger partial charge in [0.2, 0.25) is 0 Å². The minimum absolute atomic E-state index is 0.630. The van der Waals surface area contributed by atoms with Crippen LogP contribution in [0.4, 0.5) is 0 Å². The van der Waals surface area contributed by atoms with E-state index in [1.54, 1.807) is 25.2 Å². The van der Waals surface area contributed by atoms with Gasteiger partial charge in [-0.15, -0.1) is 0 Å². The fraction of sp³-hybridized carbons (Fsp3) is 0.455. The lowest BCUT2D eigenvalue weighted by atomic mass is 10.3. The summed E-state index contributed by atoms with van der Waals surface area (Å²) in [6.07, 6.45) is 4.99. The second-order valence-electron chi connectivity index (χ2n) is 1.79. The van der Waals surface area contributed by atoms with Gasteiger partial charge in [-0.05, 0) is 19.1 Å². The molecule has 0 heterocycles. The summed E-state index contributed by atoms with van der Waals surface area (Å²) >= 11 is 0. The van der Waals surface area contributed by atoms with Crippen molar-refractivity contribution in [2.75, 3.05) is 0 Å². The van der Waals surface area contributed by atoms with Gasteiger partial charge in [0.1, 0.15) is 0 Å². The third kappa shape index (κ3) is 24.8. The molecule has 0 aliphatic rings. The van der Waals surface area contributed by atoms with E-state index in [0.29, 0.717) is 11.4 Å². The molecule has 78 valence electrons. The van der Waals surface area contributed by atoms with Gasteiger partial charge in [-0.2, -0.15) is 0 Å². The molecule has 0 unspecified atom stereocenters. The third-order valence-corrected chi connectivity index (χ3v) is 0.705. The Balaban J connectivity index is -0.000000218. The molecule has 0 aromatic heterocycles. The topological polar surface area (TPSA) is 52.0 Å². The highest BCUT2D eigenvalue weighted by Crippen LogP contribution is 1.89. The first-order valence-electron chi connectivity index (χ1n) is 4.68. The molecule has 0 aliphatic heterocycles. The minimum Gasteiger partial charge on any atom is -0.402 e. The minimum atomic E-state index is 0.630. The molecule has 0 fully saturated rings. The summed E-state index contributed by atoms with van der Waals surface area (Å²) in [5.41, 5.74) is 12.1. The average Bonchev–Trinajstić information content (AvgIpc) is 2.10. The molecule has 0 aromatic carbocycles.